The lowest BCUT2D eigenvalue weighted by Crippen LogP contribution is -2.30. The van der Waals surface area contributed by atoms with Gasteiger partial charge in [0.05, 0.1) is 13.2 Å². The third kappa shape index (κ3) is 4.75. The number of ether oxygens (including phenoxy) is 2. The number of carbonyl (C=O) groups is 3. The predicted molar refractivity (Wildman–Crippen MR) is 106 cm³/mol. The van der Waals surface area contributed by atoms with E-state index in [9.17, 15) is 18.8 Å². The molecular formula is C21H20FN3O5. The van der Waals surface area contributed by atoms with E-state index >= 15 is 0 Å². The number of carbonyl (C=O) groups excluding carboxylic acids is 3. The summed E-state index contributed by atoms with van der Waals surface area (Å²) in [5.41, 5.74) is 5.92. The minimum Gasteiger partial charge on any atom is -0.490 e. The zero-order valence-electron chi connectivity index (χ0n) is 16.2. The number of urea groups is 1. The van der Waals surface area contributed by atoms with Crippen LogP contribution in [0.25, 0.3) is 6.08 Å². The SMILES string of the molecule is CCOc1cc(/C=C2/NC(=O)N(Cc3ccccc3F)C2=O)ccc1OCC(N)=O. The van der Waals surface area contributed by atoms with Crippen LogP contribution in [0, 0.1) is 5.82 Å². The highest BCUT2D eigenvalue weighted by molar-refractivity contribution is 6.13. The molecule has 1 heterocycles. The average molecular weight is 413 g/mol. The standard InChI is InChI=1S/C21H20FN3O5/c1-2-29-18-10-13(7-8-17(18)30-12-19(23)26)9-16-20(27)25(21(28)24-16)11-14-5-3-4-6-15(14)22/h3-10H,2,11-12H2,1H3,(H2,23,26)(H,24,28)/b16-9+. The molecule has 9 heteroatoms. The lowest BCUT2D eigenvalue weighted by molar-refractivity contribution is -0.123. The Balaban J connectivity index is 1.81. The maximum absolute atomic E-state index is 13.9. The minimum atomic E-state index is -0.638. The van der Waals surface area contributed by atoms with Crippen LogP contribution in [0.2, 0.25) is 0 Å². The quantitative estimate of drug-likeness (QED) is 0.509. The summed E-state index contributed by atoms with van der Waals surface area (Å²) in [7, 11) is 0. The fourth-order valence-corrected chi connectivity index (χ4v) is 2.83. The summed E-state index contributed by atoms with van der Waals surface area (Å²) in [5.74, 6) is -1.02. The number of hydrogen-bond acceptors (Lipinski definition) is 5. The second kappa shape index (κ2) is 9.08. The first-order valence-electron chi connectivity index (χ1n) is 9.15. The number of benzene rings is 2. The molecule has 2 aromatic rings. The number of amides is 4. The number of nitrogens with one attached hydrogen (secondary N) is 1. The number of nitrogens with zero attached hydrogens (tertiary/aromatic N) is 1. The molecule has 3 rings (SSSR count). The monoisotopic (exact) mass is 413 g/mol. The molecule has 0 radical (unpaired) electrons. The van der Waals surface area contributed by atoms with Gasteiger partial charge in [-0.25, -0.2) is 9.18 Å². The van der Waals surface area contributed by atoms with Gasteiger partial charge in [0, 0.05) is 5.56 Å². The fourth-order valence-electron chi connectivity index (χ4n) is 2.83. The second-order valence-corrected chi connectivity index (χ2v) is 6.37. The van der Waals surface area contributed by atoms with E-state index in [0.29, 0.717) is 23.7 Å². The molecule has 1 aliphatic rings. The minimum absolute atomic E-state index is 0.0459. The molecule has 156 valence electrons. The van der Waals surface area contributed by atoms with Crippen LogP contribution < -0.4 is 20.5 Å². The van der Waals surface area contributed by atoms with Crippen molar-refractivity contribution in [3.8, 4) is 11.5 Å². The highest BCUT2D eigenvalue weighted by Crippen LogP contribution is 2.30. The van der Waals surface area contributed by atoms with Gasteiger partial charge in [0.15, 0.2) is 18.1 Å². The zero-order chi connectivity index (χ0) is 21.7. The van der Waals surface area contributed by atoms with Crippen molar-refractivity contribution in [2.45, 2.75) is 13.5 Å². The van der Waals surface area contributed by atoms with Crippen molar-refractivity contribution in [2.24, 2.45) is 5.73 Å². The smallest absolute Gasteiger partial charge is 0.329 e. The van der Waals surface area contributed by atoms with Gasteiger partial charge in [-0.3, -0.25) is 14.5 Å². The Labute approximate surface area is 172 Å². The molecule has 0 atom stereocenters. The molecule has 3 N–H and O–H groups in total. The molecule has 30 heavy (non-hydrogen) atoms. The Morgan fingerprint density at radius 1 is 1.17 bits per heavy atom. The van der Waals surface area contributed by atoms with E-state index < -0.39 is 23.7 Å². The first kappa shape index (κ1) is 20.8. The average Bonchev–Trinajstić information content (AvgIpc) is 2.96. The van der Waals surface area contributed by atoms with Crippen molar-refractivity contribution in [1.29, 1.82) is 0 Å². The third-order valence-electron chi connectivity index (χ3n) is 4.20. The molecule has 0 unspecified atom stereocenters. The molecule has 0 saturated carbocycles. The summed E-state index contributed by atoms with van der Waals surface area (Å²) in [6.45, 7) is 1.64. The van der Waals surface area contributed by atoms with Crippen LogP contribution in [-0.2, 0) is 16.1 Å². The highest BCUT2D eigenvalue weighted by Gasteiger charge is 2.34. The van der Waals surface area contributed by atoms with Crippen LogP contribution in [-0.4, -0.2) is 36.0 Å². The van der Waals surface area contributed by atoms with Crippen molar-refractivity contribution in [3.05, 3.63) is 65.1 Å². The molecule has 4 amide bonds. The van der Waals surface area contributed by atoms with Crippen molar-refractivity contribution in [2.75, 3.05) is 13.2 Å². The van der Waals surface area contributed by atoms with Gasteiger partial charge in [-0.2, -0.15) is 0 Å². The molecule has 0 aromatic heterocycles. The van der Waals surface area contributed by atoms with Crippen LogP contribution >= 0.6 is 0 Å². The number of halogens is 1. The maximum Gasteiger partial charge on any atom is 0.329 e. The van der Waals surface area contributed by atoms with Crippen LogP contribution in [0.4, 0.5) is 9.18 Å². The van der Waals surface area contributed by atoms with Gasteiger partial charge in [0.25, 0.3) is 11.8 Å². The zero-order valence-corrected chi connectivity index (χ0v) is 16.2. The molecule has 0 spiro atoms. The van der Waals surface area contributed by atoms with Gasteiger partial charge in [0.1, 0.15) is 11.5 Å². The summed E-state index contributed by atoms with van der Waals surface area (Å²) in [6.07, 6.45) is 1.47. The number of hydrogen-bond donors (Lipinski definition) is 2. The fraction of sp³-hybridized carbons (Fsp3) is 0.190. The van der Waals surface area contributed by atoms with Gasteiger partial charge in [0.2, 0.25) is 0 Å². The summed E-state index contributed by atoms with van der Waals surface area (Å²) >= 11 is 0. The number of imide groups is 1. The Morgan fingerprint density at radius 2 is 1.93 bits per heavy atom. The van der Waals surface area contributed by atoms with Gasteiger partial charge in [-0.1, -0.05) is 24.3 Å². The maximum atomic E-state index is 13.9. The molecule has 8 nitrogen and oxygen atoms in total. The van der Waals surface area contributed by atoms with Gasteiger partial charge >= 0.3 is 6.03 Å². The predicted octanol–water partition coefficient (Wildman–Crippen LogP) is 2.18. The Hall–Kier alpha value is -3.88. The van der Waals surface area contributed by atoms with Crippen LogP contribution in [0.15, 0.2) is 48.2 Å². The van der Waals surface area contributed by atoms with E-state index in [2.05, 4.69) is 5.32 Å². The van der Waals surface area contributed by atoms with E-state index in [1.165, 1.54) is 24.3 Å². The molecular weight excluding hydrogens is 393 g/mol. The van der Waals surface area contributed by atoms with E-state index in [1.54, 1.807) is 31.2 Å². The van der Waals surface area contributed by atoms with Crippen LogP contribution in [0.3, 0.4) is 0 Å². The van der Waals surface area contributed by atoms with Gasteiger partial charge < -0.3 is 20.5 Å². The largest absolute Gasteiger partial charge is 0.490 e. The lowest BCUT2D eigenvalue weighted by Gasteiger charge is -2.12. The van der Waals surface area contributed by atoms with Crippen molar-refractivity contribution >= 4 is 23.9 Å². The first-order chi connectivity index (χ1) is 14.4. The van der Waals surface area contributed by atoms with E-state index in [1.807, 2.05) is 0 Å². The normalized spacial score (nSPS) is 14.7. The van der Waals surface area contributed by atoms with E-state index in [0.717, 1.165) is 4.90 Å². The molecule has 2 aromatic carbocycles. The van der Waals surface area contributed by atoms with Crippen LogP contribution in [0.1, 0.15) is 18.1 Å². The van der Waals surface area contributed by atoms with Crippen molar-refractivity contribution in [3.63, 3.8) is 0 Å². The lowest BCUT2D eigenvalue weighted by atomic mass is 10.1. The molecule has 0 aliphatic carbocycles. The Morgan fingerprint density at radius 3 is 2.63 bits per heavy atom. The van der Waals surface area contributed by atoms with Gasteiger partial charge in [-0.05, 0) is 36.8 Å². The summed E-state index contributed by atoms with van der Waals surface area (Å²) in [5, 5.41) is 2.49. The summed E-state index contributed by atoms with van der Waals surface area (Å²) in [6, 6.07) is 10.1. The Bertz CT molecular complexity index is 1020. The van der Waals surface area contributed by atoms with E-state index in [-0.39, 0.29) is 24.4 Å². The first-order valence-corrected chi connectivity index (χ1v) is 9.15. The second-order valence-electron chi connectivity index (χ2n) is 6.37. The third-order valence-corrected chi connectivity index (χ3v) is 4.20. The summed E-state index contributed by atoms with van der Waals surface area (Å²) < 4.78 is 24.7. The molecule has 1 aliphatic heterocycles. The van der Waals surface area contributed by atoms with Crippen LogP contribution in [0.5, 0.6) is 11.5 Å². The number of primary amides is 1. The number of nitrogens with two attached hydrogens (primary N) is 1. The molecule has 1 fully saturated rings. The molecule has 1 saturated heterocycles. The highest BCUT2D eigenvalue weighted by atomic mass is 19.1. The van der Waals surface area contributed by atoms with E-state index in [4.69, 9.17) is 15.2 Å². The van der Waals surface area contributed by atoms with Crippen molar-refractivity contribution in [1.82, 2.24) is 10.2 Å². The molecule has 0 bridgehead atoms. The number of rotatable bonds is 8. The summed E-state index contributed by atoms with van der Waals surface area (Å²) in [4.78, 5) is 36.7. The Kier molecular flexibility index (Phi) is 6.31. The van der Waals surface area contributed by atoms with Crippen molar-refractivity contribution < 1.29 is 28.2 Å². The van der Waals surface area contributed by atoms with Gasteiger partial charge in [-0.15, -0.1) is 0 Å². The topological polar surface area (TPSA) is 111 Å².